The molecule has 0 radical (unpaired) electrons. The largest absolute Gasteiger partial charge is 0.324 e. The average molecular weight is 412 g/mol. The van der Waals surface area contributed by atoms with Gasteiger partial charge in [-0.2, -0.15) is 0 Å². The predicted molar refractivity (Wildman–Crippen MR) is 125 cm³/mol. The maximum Gasteiger partial charge on any atom is 0.244 e. The Morgan fingerprint density at radius 1 is 1.00 bits per heavy atom. The number of benzene rings is 3. The van der Waals surface area contributed by atoms with E-state index in [4.69, 9.17) is 4.99 Å². The van der Waals surface area contributed by atoms with E-state index in [2.05, 4.69) is 5.32 Å². The van der Waals surface area contributed by atoms with Crippen LogP contribution in [-0.4, -0.2) is 24.1 Å². The number of carbonyl (C=O) groups is 2. The van der Waals surface area contributed by atoms with Crippen molar-refractivity contribution in [2.24, 2.45) is 4.99 Å². The quantitative estimate of drug-likeness (QED) is 0.638. The number of carbonyl (C=O) groups excluding carboxylic acids is 2. The fraction of sp³-hybridized carbons (Fsp3) is 0.192. The topological polar surface area (TPSA) is 61.8 Å². The highest BCUT2D eigenvalue weighted by molar-refractivity contribution is 6.19. The Morgan fingerprint density at radius 3 is 2.48 bits per heavy atom. The minimum atomic E-state index is -0.233. The van der Waals surface area contributed by atoms with Crippen molar-refractivity contribution >= 4 is 34.6 Å². The van der Waals surface area contributed by atoms with E-state index in [0.717, 1.165) is 28.8 Å². The highest BCUT2D eigenvalue weighted by Gasteiger charge is 2.26. The van der Waals surface area contributed by atoms with Gasteiger partial charge in [0.05, 0.1) is 23.5 Å². The summed E-state index contributed by atoms with van der Waals surface area (Å²) in [6.45, 7) is 4.00. The summed E-state index contributed by atoms with van der Waals surface area (Å²) in [7, 11) is 0. The van der Waals surface area contributed by atoms with Crippen LogP contribution in [0.3, 0.4) is 0 Å². The van der Waals surface area contributed by atoms with E-state index in [1.165, 1.54) is 4.90 Å². The molecule has 0 spiro atoms. The van der Waals surface area contributed by atoms with Crippen molar-refractivity contribution in [2.45, 2.75) is 26.7 Å². The summed E-state index contributed by atoms with van der Waals surface area (Å²) in [6.07, 6.45) is 0.951. The van der Waals surface area contributed by atoms with Crippen LogP contribution in [0.5, 0.6) is 0 Å². The van der Waals surface area contributed by atoms with E-state index in [1.54, 1.807) is 0 Å². The molecule has 2 amide bonds. The summed E-state index contributed by atoms with van der Waals surface area (Å²) < 4.78 is 0. The zero-order valence-electron chi connectivity index (χ0n) is 17.8. The molecule has 1 N–H and O–H groups in total. The first kappa shape index (κ1) is 20.5. The molecule has 0 saturated heterocycles. The Kier molecular flexibility index (Phi) is 5.94. The molecule has 0 unspecified atom stereocenters. The molecule has 4 rings (SSSR count). The van der Waals surface area contributed by atoms with Crippen LogP contribution in [0.2, 0.25) is 0 Å². The van der Waals surface area contributed by atoms with Crippen molar-refractivity contribution < 1.29 is 9.59 Å². The van der Waals surface area contributed by atoms with Gasteiger partial charge in [0.25, 0.3) is 0 Å². The number of aliphatic imine (C=N–C) groups is 1. The van der Waals surface area contributed by atoms with E-state index in [9.17, 15) is 9.59 Å². The van der Waals surface area contributed by atoms with E-state index in [-0.39, 0.29) is 24.8 Å². The number of rotatable bonds is 5. The van der Waals surface area contributed by atoms with Crippen LogP contribution < -0.4 is 10.2 Å². The second-order valence-electron chi connectivity index (χ2n) is 7.63. The minimum absolute atomic E-state index is 0.0649. The average Bonchev–Trinajstić information content (AvgIpc) is 2.91. The molecule has 5 heteroatoms. The van der Waals surface area contributed by atoms with Gasteiger partial charge in [0, 0.05) is 5.69 Å². The standard InChI is InChI=1S/C26H25N3O2/c1-3-19-8-4-5-9-21(19)28-25(30)17-29-24-11-7-6-10-22(24)27-23(16-26(29)31)20-14-12-18(2)13-15-20/h4-15H,3,16-17H2,1-2H3,(H,28,30). The highest BCUT2D eigenvalue weighted by atomic mass is 16.2. The Morgan fingerprint density at radius 2 is 1.71 bits per heavy atom. The predicted octanol–water partition coefficient (Wildman–Crippen LogP) is 5.05. The lowest BCUT2D eigenvalue weighted by atomic mass is 10.1. The van der Waals surface area contributed by atoms with E-state index < -0.39 is 0 Å². The molecule has 3 aromatic carbocycles. The Bertz CT molecular complexity index is 1150. The van der Waals surface area contributed by atoms with E-state index in [1.807, 2.05) is 86.6 Å². The molecule has 0 atom stereocenters. The van der Waals surface area contributed by atoms with Crippen molar-refractivity contribution in [1.82, 2.24) is 0 Å². The summed E-state index contributed by atoms with van der Waals surface area (Å²) >= 11 is 0. The van der Waals surface area contributed by atoms with Gasteiger partial charge in [0.15, 0.2) is 0 Å². The molecule has 0 fully saturated rings. The van der Waals surface area contributed by atoms with Gasteiger partial charge in [0.1, 0.15) is 6.54 Å². The van der Waals surface area contributed by atoms with Gasteiger partial charge < -0.3 is 10.2 Å². The molecule has 3 aromatic rings. The van der Waals surface area contributed by atoms with Crippen LogP contribution in [0.25, 0.3) is 0 Å². The fourth-order valence-corrected chi connectivity index (χ4v) is 3.71. The maximum atomic E-state index is 13.2. The molecule has 1 aliphatic heterocycles. The smallest absolute Gasteiger partial charge is 0.244 e. The molecule has 5 nitrogen and oxygen atoms in total. The van der Waals surface area contributed by atoms with Gasteiger partial charge in [-0.3, -0.25) is 14.6 Å². The zero-order valence-corrected chi connectivity index (χ0v) is 17.8. The number of hydrogen-bond acceptors (Lipinski definition) is 3. The Balaban J connectivity index is 1.61. The first-order valence-corrected chi connectivity index (χ1v) is 10.5. The Hall–Kier alpha value is -3.73. The lowest BCUT2D eigenvalue weighted by Crippen LogP contribution is -2.38. The molecule has 0 aliphatic carbocycles. The van der Waals surface area contributed by atoms with Crippen LogP contribution >= 0.6 is 0 Å². The van der Waals surface area contributed by atoms with Crippen LogP contribution in [0.1, 0.15) is 30.0 Å². The number of aryl methyl sites for hydroxylation is 2. The molecule has 156 valence electrons. The van der Waals surface area contributed by atoms with Crippen molar-refractivity contribution in [1.29, 1.82) is 0 Å². The van der Waals surface area contributed by atoms with Crippen molar-refractivity contribution in [2.75, 3.05) is 16.8 Å². The number of anilines is 2. The third-order valence-electron chi connectivity index (χ3n) is 5.41. The number of hydrogen-bond donors (Lipinski definition) is 1. The second-order valence-corrected chi connectivity index (χ2v) is 7.63. The minimum Gasteiger partial charge on any atom is -0.324 e. The molecule has 0 bridgehead atoms. The SMILES string of the molecule is CCc1ccccc1NC(=O)CN1C(=O)CC(c2ccc(C)cc2)=Nc2ccccc21. The van der Waals surface area contributed by atoms with Gasteiger partial charge in [-0.25, -0.2) is 0 Å². The molecule has 1 heterocycles. The number of nitrogens with zero attached hydrogens (tertiary/aromatic N) is 2. The highest BCUT2D eigenvalue weighted by Crippen LogP contribution is 2.33. The van der Waals surface area contributed by atoms with Crippen LogP contribution in [-0.2, 0) is 16.0 Å². The summed E-state index contributed by atoms with van der Waals surface area (Å²) in [6, 6.07) is 23.2. The number of fused-ring (bicyclic) bond motifs is 1. The third kappa shape index (κ3) is 4.56. The van der Waals surface area contributed by atoms with Crippen LogP contribution in [0.15, 0.2) is 77.8 Å². The first-order valence-electron chi connectivity index (χ1n) is 10.5. The Labute approximate surface area is 182 Å². The van der Waals surface area contributed by atoms with Gasteiger partial charge in [-0.1, -0.05) is 67.1 Å². The van der Waals surface area contributed by atoms with Gasteiger partial charge in [-0.05, 0) is 42.7 Å². The van der Waals surface area contributed by atoms with Crippen LogP contribution in [0.4, 0.5) is 17.1 Å². The summed E-state index contributed by atoms with van der Waals surface area (Å²) in [5.74, 6) is -0.383. The molecule has 31 heavy (non-hydrogen) atoms. The zero-order chi connectivity index (χ0) is 21.8. The first-order chi connectivity index (χ1) is 15.0. The molecule has 1 aliphatic rings. The molecule has 0 saturated carbocycles. The van der Waals surface area contributed by atoms with E-state index in [0.29, 0.717) is 17.1 Å². The van der Waals surface area contributed by atoms with Crippen molar-refractivity contribution in [3.63, 3.8) is 0 Å². The fourth-order valence-electron chi connectivity index (χ4n) is 3.71. The van der Waals surface area contributed by atoms with Gasteiger partial charge >= 0.3 is 0 Å². The lowest BCUT2D eigenvalue weighted by molar-refractivity contribution is -0.120. The number of amides is 2. The van der Waals surface area contributed by atoms with E-state index >= 15 is 0 Å². The molecular formula is C26H25N3O2. The lowest BCUT2D eigenvalue weighted by Gasteiger charge is -2.22. The number of nitrogens with one attached hydrogen (secondary N) is 1. The third-order valence-corrected chi connectivity index (χ3v) is 5.41. The number of para-hydroxylation sites is 3. The van der Waals surface area contributed by atoms with Crippen molar-refractivity contribution in [3.8, 4) is 0 Å². The van der Waals surface area contributed by atoms with Crippen molar-refractivity contribution in [3.05, 3.63) is 89.5 Å². The monoisotopic (exact) mass is 411 g/mol. The summed E-state index contributed by atoms with van der Waals surface area (Å²) in [4.78, 5) is 32.4. The molecule has 0 aromatic heterocycles. The maximum absolute atomic E-state index is 13.2. The normalized spacial score (nSPS) is 13.3. The van der Waals surface area contributed by atoms with Gasteiger partial charge in [-0.15, -0.1) is 0 Å². The second kappa shape index (κ2) is 8.96. The van der Waals surface area contributed by atoms with Gasteiger partial charge in [0.2, 0.25) is 11.8 Å². The summed E-state index contributed by atoms with van der Waals surface area (Å²) in [5, 5.41) is 2.96. The summed E-state index contributed by atoms with van der Waals surface area (Å²) in [5.41, 5.74) is 5.94. The molecular weight excluding hydrogens is 386 g/mol. The van der Waals surface area contributed by atoms with Crippen LogP contribution in [0, 0.1) is 6.92 Å².